The van der Waals surface area contributed by atoms with Gasteiger partial charge in [0, 0.05) is 12.1 Å². The first-order chi connectivity index (χ1) is 8.60. The van der Waals surface area contributed by atoms with Gasteiger partial charge in [-0.15, -0.1) is 0 Å². The Hall–Kier alpha value is -0.0800. The van der Waals surface area contributed by atoms with Gasteiger partial charge in [0.05, 0.1) is 0 Å². The van der Waals surface area contributed by atoms with Gasteiger partial charge >= 0.3 is 0 Å². The third-order valence-electron chi connectivity index (χ3n) is 6.21. The van der Waals surface area contributed by atoms with E-state index in [-0.39, 0.29) is 0 Å². The van der Waals surface area contributed by atoms with Gasteiger partial charge in [0.1, 0.15) is 0 Å². The fourth-order valence-corrected chi connectivity index (χ4v) is 4.38. The maximum atomic E-state index is 6.15. The van der Waals surface area contributed by atoms with Crippen molar-refractivity contribution in [3.63, 3.8) is 0 Å². The predicted octanol–water partition coefficient (Wildman–Crippen LogP) is 3.41. The molecule has 0 aromatic heterocycles. The normalized spacial score (nSPS) is 37.0. The molecular weight excluding hydrogens is 220 g/mol. The number of hydrogen-bond donors (Lipinski definition) is 1. The summed E-state index contributed by atoms with van der Waals surface area (Å²) in [5.74, 6) is 0.873. The molecule has 2 nitrogen and oxygen atoms in total. The van der Waals surface area contributed by atoms with Crippen molar-refractivity contribution in [2.24, 2.45) is 17.1 Å². The predicted molar refractivity (Wildman–Crippen MR) is 78.6 cm³/mol. The van der Waals surface area contributed by atoms with Crippen molar-refractivity contribution in [1.82, 2.24) is 4.90 Å². The lowest BCUT2D eigenvalue weighted by atomic mass is 9.73. The smallest absolute Gasteiger partial charge is 0.0334 e. The topological polar surface area (TPSA) is 29.3 Å². The number of piperidine rings is 1. The standard InChI is InChI=1S/C16H32N2/c1-4-15(5-2)8-10-18(11-9-15)16(13-17)7-6-14(3)12-16/h14H,4-13,17H2,1-3H3. The Morgan fingerprint density at radius 3 is 2.11 bits per heavy atom. The first-order valence-electron chi connectivity index (χ1n) is 8.05. The monoisotopic (exact) mass is 252 g/mol. The Morgan fingerprint density at radius 2 is 1.72 bits per heavy atom. The molecule has 106 valence electrons. The summed E-state index contributed by atoms with van der Waals surface area (Å²) < 4.78 is 0. The molecule has 2 heteroatoms. The molecule has 2 aliphatic rings. The van der Waals surface area contributed by atoms with Gasteiger partial charge in [-0.3, -0.25) is 4.90 Å². The first kappa shape index (κ1) is 14.3. The lowest BCUT2D eigenvalue weighted by molar-refractivity contribution is 0.0174. The van der Waals surface area contributed by atoms with Gasteiger partial charge in [-0.1, -0.05) is 33.6 Å². The van der Waals surface area contributed by atoms with Gasteiger partial charge in [-0.2, -0.15) is 0 Å². The van der Waals surface area contributed by atoms with Crippen LogP contribution in [-0.4, -0.2) is 30.1 Å². The molecule has 1 aliphatic carbocycles. The Kier molecular flexibility index (Phi) is 4.38. The minimum Gasteiger partial charge on any atom is -0.329 e. The first-order valence-corrected chi connectivity index (χ1v) is 8.05. The molecule has 1 saturated heterocycles. The van der Waals surface area contributed by atoms with E-state index in [9.17, 15) is 0 Å². The summed E-state index contributed by atoms with van der Waals surface area (Å²) in [6.07, 6.45) is 9.50. The molecule has 0 aromatic carbocycles. The molecule has 1 heterocycles. The van der Waals surface area contributed by atoms with Crippen molar-refractivity contribution in [1.29, 1.82) is 0 Å². The van der Waals surface area contributed by atoms with Crippen molar-refractivity contribution in [3.8, 4) is 0 Å². The molecular formula is C16H32N2. The largest absolute Gasteiger partial charge is 0.329 e. The Morgan fingerprint density at radius 1 is 1.11 bits per heavy atom. The quantitative estimate of drug-likeness (QED) is 0.831. The maximum Gasteiger partial charge on any atom is 0.0334 e. The molecule has 18 heavy (non-hydrogen) atoms. The van der Waals surface area contributed by atoms with Crippen LogP contribution in [0, 0.1) is 11.3 Å². The second-order valence-corrected chi connectivity index (χ2v) is 6.97. The summed E-state index contributed by atoms with van der Waals surface area (Å²) in [5.41, 5.74) is 7.14. The van der Waals surface area contributed by atoms with E-state index in [1.807, 2.05) is 0 Å². The molecule has 1 aliphatic heterocycles. The van der Waals surface area contributed by atoms with Gasteiger partial charge in [-0.05, 0) is 56.5 Å². The van der Waals surface area contributed by atoms with E-state index < -0.39 is 0 Å². The van der Waals surface area contributed by atoms with E-state index >= 15 is 0 Å². The summed E-state index contributed by atoms with van der Waals surface area (Å²) >= 11 is 0. The van der Waals surface area contributed by atoms with Crippen molar-refractivity contribution < 1.29 is 0 Å². The van der Waals surface area contributed by atoms with Crippen LogP contribution in [0.25, 0.3) is 0 Å². The highest BCUT2D eigenvalue weighted by Crippen LogP contribution is 2.44. The van der Waals surface area contributed by atoms with E-state index in [0.29, 0.717) is 11.0 Å². The molecule has 0 amide bonds. The summed E-state index contributed by atoms with van der Waals surface area (Å²) in [6, 6.07) is 0. The minimum atomic E-state index is 0.354. The van der Waals surface area contributed by atoms with E-state index in [1.54, 1.807) is 0 Å². The summed E-state index contributed by atoms with van der Waals surface area (Å²) in [7, 11) is 0. The number of likely N-dealkylation sites (tertiary alicyclic amines) is 1. The highest BCUT2D eigenvalue weighted by molar-refractivity contribution is 5.00. The molecule has 2 fully saturated rings. The fraction of sp³-hybridized carbons (Fsp3) is 1.00. The third kappa shape index (κ3) is 2.46. The van der Waals surface area contributed by atoms with Crippen LogP contribution in [0.4, 0.5) is 0 Å². The highest BCUT2D eigenvalue weighted by Gasteiger charge is 2.44. The van der Waals surface area contributed by atoms with Gasteiger partial charge in [-0.25, -0.2) is 0 Å². The molecule has 0 radical (unpaired) electrons. The van der Waals surface area contributed by atoms with Crippen molar-refractivity contribution in [2.45, 2.75) is 71.3 Å². The minimum absolute atomic E-state index is 0.354. The van der Waals surface area contributed by atoms with Crippen LogP contribution in [0.5, 0.6) is 0 Å². The van der Waals surface area contributed by atoms with Gasteiger partial charge in [0.2, 0.25) is 0 Å². The van der Waals surface area contributed by atoms with Crippen LogP contribution in [-0.2, 0) is 0 Å². The molecule has 2 N–H and O–H groups in total. The zero-order valence-corrected chi connectivity index (χ0v) is 12.7. The Labute approximate surface area is 113 Å². The van der Waals surface area contributed by atoms with Crippen LogP contribution in [0.2, 0.25) is 0 Å². The van der Waals surface area contributed by atoms with Crippen molar-refractivity contribution in [3.05, 3.63) is 0 Å². The molecule has 1 saturated carbocycles. The molecule has 0 spiro atoms. The second kappa shape index (κ2) is 5.50. The molecule has 2 atom stereocenters. The van der Waals surface area contributed by atoms with Gasteiger partial charge in [0.25, 0.3) is 0 Å². The van der Waals surface area contributed by atoms with E-state index in [1.165, 1.54) is 58.0 Å². The lowest BCUT2D eigenvalue weighted by Crippen LogP contribution is -2.56. The van der Waals surface area contributed by atoms with Crippen LogP contribution in [0.15, 0.2) is 0 Å². The summed E-state index contributed by atoms with van der Waals surface area (Å²) in [6.45, 7) is 10.6. The van der Waals surface area contributed by atoms with Crippen molar-refractivity contribution in [2.75, 3.05) is 19.6 Å². The van der Waals surface area contributed by atoms with Gasteiger partial charge in [0.15, 0.2) is 0 Å². The Balaban J connectivity index is 2.00. The fourth-order valence-electron chi connectivity index (χ4n) is 4.38. The summed E-state index contributed by atoms with van der Waals surface area (Å²) in [4.78, 5) is 2.75. The number of hydrogen-bond acceptors (Lipinski definition) is 2. The Bertz CT molecular complexity index is 262. The van der Waals surface area contributed by atoms with E-state index in [0.717, 1.165) is 12.5 Å². The molecule has 2 unspecified atom stereocenters. The molecule has 0 bridgehead atoms. The molecule has 0 aromatic rings. The third-order valence-corrected chi connectivity index (χ3v) is 6.21. The second-order valence-electron chi connectivity index (χ2n) is 6.97. The zero-order chi connectivity index (χ0) is 13.2. The van der Waals surface area contributed by atoms with E-state index in [4.69, 9.17) is 5.73 Å². The average molecular weight is 252 g/mol. The van der Waals surface area contributed by atoms with Crippen LogP contribution in [0.1, 0.15) is 65.7 Å². The van der Waals surface area contributed by atoms with Crippen LogP contribution < -0.4 is 5.73 Å². The maximum absolute atomic E-state index is 6.15. The number of nitrogens with zero attached hydrogens (tertiary/aromatic N) is 1. The highest BCUT2D eigenvalue weighted by atomic mass is 15.2. The summed E-state index contributed by atoms with van der Waals surface area (Å²) in [5, 5.41) is 0. The van der Waals surface area contributed by atoms with Crippen LogP contribution >= 0.6 is 0 Å². The zero-order valence-electron chi connectivity index (χ0n) is 12.7. The average Bonchev–Trinajstić information content (AvgIpc) is 2.82. The number of nitrogens with two attached hydrogens (primary N) is 1. The SMILES string of the molecule is CCC1(CC)CCN(C2(CN)CCC(C)C2)CC1. The molecule has 2 rings (SSSR count). The number of rotatable bonds is 4. The lowest BCUT2D eigenvalue weighted by Gasteiger charge is -2.48. The van der Waals surface area contributed by atoms with Gasteiger partial charge < -0.3 is 5.73 Å². The van der Waals surface area contributed by atoms with Crippen LogP contribution in [0.3, 0.4) is 0 Å². The van der Waals surface area contributed by atoms with E-state index in [2.05, 4.69) is 25.7 Å². The van der Waals surface area contributed by atoms with Crippen molar-refractivity contribution >= 4 is 0 Å².